The van der Waals surface area contributed by atoms with Gasteiger partial charge in [-0.05, 0) is 68.8 Å². The molecule has 8 nitrogen and oxygen atoms in total. The molecule has 0 saturated carbocycles. The Morgan fingerprint density at radius 2 is 1.47 bits per heavy atom. The summed E-state index contributed by atoms with van der Waals surface area (Å²) in [6, 6.07) is 19.3. The molecule has 2 amide bonds. The molecule has 9 heteroatoms. The summed E-state index contributed by atoms with van der Waals surface area (Å²) in [5.74, 6) is 0.205. The predicted molar refractivity (Wildman–Crippen MR) is 156 cm³/mol. The third-order valence-electron chi connectivity index (χ3n) is 6.61. The first-order valence-electron chi connectivity index (χ1n) is 12.4. The number of halogens is 1. The molecule has 3 N–H and O–H groups in total. The number of phenolic OH excluding ortho intramolecular Hbond substituents is 1. The van der Waals surface area contributed by atoms with Crippen LogP contribution in [-0.4, -0.2) is 60.9 Å². The number of hydrogen-bond acceptors (Lipinski definition) is 5. The van der Waals surface area contributed by atoms with Crippen LogP contribution in [0.15, 0.2) is 71.7 Å². The lowest BCUT2D eigenvalue weighted by Crippen LogP contribution is -2.33. The average Bonchev–Trinajstić information content (AvgIpc) is 3.17. The lowest BCUT2D eigenvalue weighted by Gasteiger charge is -2.24. The summed E-state index contributed by atoms with van der Waals surface area (Å²) in [6.07, 6.45) is 1.03. The van der Waals surface area contributed by atoms with Crippen molar-refractivity contribution in [2.75, 3.05) is 48.8 Å². The molecular weight excluding hydrogens is 502 g/mol. The quantitative estimate of drug-likeness (QED) is 0.237. The minimum Gasteiger partial charge on any atom is -0.506 e. The standard InChI is InChI=1S/C29H33N5O3.ClH/c1-20-8-10-22(11-9-20)28(36)31-25-6-4-7-26(35)27(25)32-29(37)23-12-14-24(15-13-23)34-17-5-16-33(18-19-34)21(2)30-3;/h4,6-15,35H,5,16-19H2,1-3H3,(H,31,36)(H,32,37);1H. The number of aromatic hydroxyl groups is 1. The van der Waals surface area contributed by atoms with Crippen molar-refractivity contribution in [3.8, 4) is 5.75 Å². The van der Waals surface area contributed by atoms with Crippen molar-refractivity contribution in [2.45, 2.75) is 20.3 Å². The highest BCUT2D eigenvalue weighted by Gasteiger charge is 2.18. The molecule has 0 unspecified atom stereocenters. The van der Waals surface area contributed by atoms with E-state index < -0.39 is 0 Å². The Kier molecular flexibility index (Phi) is 9.73. The molecule has 1 heterocycles. The number of para-hydroxylation sites is 1. The van der Waals surface area contributed by atoms with Crippen molar-refractivity contribution in [3.63, 3.8) is 0 Å². The van der Waals surface area contributed by atoms with Crippen molar-refractivity contribution in [3.05, 3.63) is 83.4 Å². The van der Waals surface area contributed by atoms with Gasteiger partial charge in [-0.25, -0.2) is 0 Å². The summed E-state index contributed by atoms with van der Waals surface area (Å²) < 4.78 is 0. The summed E-state index contributed by atoms with van der Waals surface area (Å²) in [5, 5.41) is 16.0. The van der Waals surface area contributed by atoms with E-state index in [1.165, 1.54) is 6.07 Å². The van der Waals surface area contributed by atoms with E-state index in [0.717, 1.165) is 49.7 Å². The van der Waals surface area contributed by atoms with Crippen molar-refractivity contribution in [1.82, 2.24) is 4.90 Å². The lowest BCUT2D eigenvalue weighted by molar-refractivity contribution is 0.101. The van der Waals surface area contributed by atoms with Gasteiger partial charge in [-0.3, -0.25) is 14.6 Å². The van der Waals surface area contributed by atoms with Gasteiger partial charge >= 0.3 is 0 Å². The Hall–Kier alpha value is -4.04. The first kappa shape index (κ1) is 28.5. The molecule has 0 aromatic heterocycles. The molecule has 1 saturated heterocycles. The monoisotopic (exact) mass is 535 g/mol. The molecule has 1 fully saturated rings. The van der Waals surface area contributed by atoms with Crippen molar-refractivity contribution in [1.29, 1.82) is 0 Å². The highest BCUT2D eigenvalue weighted by molar-refractivity contribution is 6.11. The summed E-state index contributed by atoms with van der Waals surface area (Å²) in [5.41, 5.74) is 3.50. The van der Waals surface area contributed by atoms with Gasteiger partial charge < -0.3 is 25.5 Å². The number of amidine groups is 1. The number of hydrogen-bond donors (Lipinski definition) is 3. The summed E-state index contributed by atoms with van der Waals surface area (Å²) in [7, 11) is 1.82. The lowest BCUT2D eigenvalue weighted by atomic mass is 10.1. The van der Waals surface area contributed by atoms with E-state index in [2.05, 4.69) is 25.4 Å². The van der Waals surface area contributed by atoms with Gasteiger partial charge in [-0.2, -0.15) is 0 Å². The van der Waals surface area contributed by atoms with E-state index in [9.17, 15) is 14.7 Å². The molecule has 4 rings (SSSR count). The highest BCUT2D eigenvalue weighted by atomic mass is 35.5. The molecule has 0 atom stereocenters. The molecule has 1 aliphatic heterocycles. The number of phenols is 1. The van der Waals surface area contributed by atoms with Gasteiger partial charge in [0, 0.05) is 50.0 Å². The van der Waals surface area contributed by atoms with Crippen LogP contribution in [0.3, 0.4) is 0 Å². The normalized spacial score (nSPS) is 13.8. The number of nitrogens with one attached hydrogen (secondary N) is 2. The Balaban J connectivity index is 0.00000400. The topological polar surface area (TPSA) is 97.3 Å². The molecule has 0 spiro atoms. The number of aliphatic imine (C=N–C) groups is 1. The number of rotatable bonds is 5. The zero-order valence-electron chi connectivity index (χ0n) is 21.9. The average molecular weight is 536 g/mol. The Morgan fingerprint density at radius 1 is 0.842 bits per heavy atom. The summed E-state index contributed by atoms with van der Waals surface area (Å²) in [4.78, 5) is 34.7. The SMILES string of the molecule is CN=C(C)N1CCCN(c2ccc(C(=O)Nc3c(O)cccc3NC(=O)c3ccc(C)cc3)cc2)CC1.Cl. The van der Waals surface area contributed by atoms with Crippen molar-refractivity contribution in [2.24, 2.45) is 4.99 Å². The number of anilines is 3. The third kappa shape index (κ3) is 6.83. The largest absolute Gasteiger partial charge is 0.506 e. The van der Waals surface area contributed by atoms with Crippen LogP contribution in [0, 0.1) is 6.92 Å². The molecule has 200 valence electrons. The number of amides is 2. The number of aryl methyl sites for hydroxylation is 1. The van der Waals surface area contributed by atoms with Crippen LogP contribution < -0.4 is 15.5 Å². The van der Waals surface area contributed by atoms with E-state index in [4.69, 9.17) is 0 Å². The number of benzene rings is 3. The maximum Gasteiger partial charge on any atom is 0.255 e. The van der Waals surface area contributed by atoms with Crippen LogP contribution in [0.25, 0.3) is 0 Å². The zero-order valence-corrected chi connectivity index (χ0v) is 22.7. The van der Waals surface area contributed by atoms with Gasteiger partial charge in [0.1, 0.15) is 11.4 Å². The number of nitrogens with zero attached hydrogens (tertiary/aromatic N) is 3. The molecule has 0 radical (unpaired) electrons. The second-order valence-corrected chi connectivity index (χ2v) is 9.12. The molecule has 0 aliphatic carbocycles. The van der Waals surface area contributed by atoms with Gasteiger partial charge in [0.2, 0.25) is 0 Å². The summed E-state index contributed by atoms with van der Waals surface area (Å²) >= 11 is 0. The van der Waals surface area contributed by atoms with Gasteiger partial charge in [0.05, 0.1) is 11.5 Å². The van der Waals surface area contributed by atoms with E-state index in [0.29, 0.717) is 16.8 Å². The van der Waals surface area contributed by atoms with Gasteiger partial charge in [0.15, 0.2) is 0 Å². The molecule has 3 aromatic carbocycles. The maximum absolute atomic E-state index is 13.0. The molecular formula is C29H34ClN5O3. The first-order chi connectivity index (χ1) is 17.9. The van der Waals surface area contributed by atoms with Crippen LogP contribution in [0.2, 0.25) is 0 Å². The van der Waals surface area contributed by atoms with Crippen LogP contribution in [0.5, 0.6) is 5.75 Å². The van der Waals surface area contributed by atoms with E-state index in [-0.39, 0.29) is 35.7 Å². The van der Waals surface area contributed by atoms with Crippen molar-refractivity contribution >= 4 is 47.1 Å². The fraction of sp³-hybridized carbons (Fsp3) is 0.276. The minimum atomic E-state index is -0.379. The third-order valence-corrected chi connectivity index (χ3v) is 6.61. The van der Waals surface area contributed by atoms with Gasteiger partial charge in [-0.1, -0.05) is 23.8 Å². The zero-order chi connectivity index (χ0) is 26.4. The molecule has 38 heavy (non-hydrogen) atoms. The second-order valence-electron chi connectivity index (χ2n) is 9.12. The first-order valence-corrected chi connectivity index (χ1v) is 12.4. The van der Waals surface area contributed by atoms with E-state index >= 15 is 0 Å². The Morgan fingerprint density at radius 3 is 2.13 bits per heavy atom. The number of carbonyl (C=O) groups excluding carboxylic acids is 2. The Labute approximate surface area is 229 Å². The second kappa shape index (κ2) is 13.0. The maximum atomic E-state index is 13.0. The van der Waals surface area contributed by atoms with Gasteiger partial charge in [-0.15, -0.1) is 12.4 Å². The van der Waals surface area contributed by atoms with Crippen LogP contribution >= 0.6 is 12.4 Å². The smallest absolute Gasteiger partial charge is 0.255 e. The fourth-order valence-electron chi connectivity index (χ4n) is 4.33. The van der Waals surface area contributed by atoms with Gasteiger partial charge in [0.25, 0.3) is 11.8 Å². The van der Waals surface area contributed by atoms with Crippen molar-refractivity contribution < 1.29 is 14.7 Å². The molecule has 0 bridgehead atoms. The van der Waals surface area contributed by atoms with Crippen LogP contribution in [-0.2, 0) is 0 Å². The Bertz CT molecular complexity index is 1290. The highest BCUT2D eigenvalue weighted by Crippen LogP contribution is 2.32. The molecule has 1 aliphatic rings. The van der Waals surface area contributed by atoms with Crippen LogP contribution in [0.1, 0.15) is 39.6 Å². The fourth-order valence-corrected chi connectivity index (χ4v) is 4.33. The van der Waals surface area contributed by atoms with E-state index in [1.807, 2.05) is 45.2 Å². The van der Waals surface area contributed by atoms with E-state index in [1.54, 1.807) is 36.4 Å². The minimum absolute atomic E-state index is 0. The summed E-state index contributed by atoms with van der Waals surface area (Å²) in [6.45, 7) is 7.66. The predicted octanol–water partition coefficient (Wildman–Crippen LogP) is 5.19. The number of carbonyl (C=O) groups is 2. The van der Waals surface area contributed by atoms with Crippen LogP contribution in [0.4, 0.5) is 17.1 Å². The molecule has 3 aromatic rings.